The summed E-state index contributed by atoms with van der Waals surface area (Å²) in [5.41, 5.74) is 4.35. The predicted molar refractivity (Wildman–Crippen MR) is 129 cm³/mol. The summed E-state index contributed by atoms with van der Waals surface area (Å²) < 4.78 is 10.9. The van der Waals surface area contributed by atoms with E-state index in [0.29, 0.717) is 0 Å². The third-order valence-corrected chi connectivity index (χ3v) is 5.20. The monoisotopic (exact) mass is 554 g/mol. The molecule has 2 amide bonds. The summed E-state index contributed by atoms with van der Waals surface area (Å²) in [6, 6.07) is 21.1. The van der Waals surface area contributed by atoms with Crippen molar-refractivity contribution in [2.24, 2.45) is 0 Å². The maximum absolute atomic E-state index is 12.9. The second-order valence-corrected chi connectivity index (χ2v) is 8.09. The zero-order valence-corrected chi connectivity index (χ0v) is 20.0. The number of carbonyl (C=O) groups excluding carboxylic acids is 4. The van der Waals surface area contributed by atoms with Crippen LogP contribution in [-0.2, 0) is 19.1 Å². The molecule has 0 unspecified atom stereocenters. The SMILES string of the molecule is O=C(NNC(=O)[C@H](OC(=O)c1ccccc1)[C@@H](OC(=O)c1ccccc1)C(=O)O)c1ccc(Br)cc1. The van der Waals surface area contributed by atoms with Gasteiger partial charge in [0.2, 0.25) is 12.2 Å². The predicted octanol–water partition coefficient (Wildman–Crippen LogP) is 2.75. The van der Waals surface area contributed by atoms with Crippen molar-refractivity contribution < 1.29 is 38.6 Å². The van der Waals surface area contributed by atoms with E-state index in [9.17, 15) is 29.1 Å². The van der Waals surface area contributed by atoms with E-state index in [-0.39, 0.29) is 16.7 Å². The molecule has 0 fully saturated rings. The quantitative estimate of drug-likeness (QED) is 0.284. The highest BCUT2D eigenvalue weighted by molar-refractivity contribution is 9.10. The smallest absolute Gasteiger partial charge is 0.349 e. The Kier molecular flexibility index (Phi) is 8.89. The van der Waals surface area contributed by atoms with E-state index in [1.54, 1.807) is 24.3 Å². The molecule has 0 aliphatic heterocycles. The average molecular weight is 555 g/mol. The number of aliphatic carboxylic acids is 1. The van der Waals surface area contributed by atoms with Gasteiger partial charge in [-0.25, -0.2) is 14.4 Å². The normalized spacial score (nSPS) is 11.9. The van der Waals surface area contributed by atoms with Crippen molar-refractivity contribution in [3.63, 3.8) is 0 Å². The van der Waals surface area contributed by atoms with Gasteiger partial charge in [-0.1, -0.05) is 52.3 Å². The fourth-order valence-electron chi connectivity index (χ4n) is 2.87. The van der Waals surface area contributed by atoms with Crippen molar-refractivity contribution in [3.05, 3.63) is 106 Å². The fraction of sp³-hybridized carbons (Fsp3) is 0.0800. The van der Waals surface area contributed by atoms with Crippen LogP contribution in [0.15, 0.2) is 89.4 Å². The molecule has 2 atom stereocenters. The van der Waals surface area contributed by atoms with Crippen LogP contribution in [0.25, 0.3) is 0 Å². The van der Waals surface area contributed by atoms with Gasteiger partial charge < -0.3 is 14.6 Å². The number of hydrogen-bond acceptors (Lipinski definition) is 7. The summed E-state index contributed by atoms with van der Waals surface area (Å²) in [6.45, 7) is 0. The van der Waals surface area contributed by atoms with Crippen LogP contribution < -0.4 is 10.9 Å². The maximum atomic E-state index is 12.9. The highest BCUT2D eigenvalue weighted by Gasteiger charge is 2.41. The third kappa shape index (κ3) is 7.00. The number of benzene rings is 3. The first-order valence-electron chi connectivity index (χ1n) is 10.4. The van der Waals surface area contributed by atoms with Gasteiger partial charge in [-0.15, -0.1) is 0 Å². The van der Waals surface area contributed by atoms with Crippen LogP contribution in [0.3, 0.4) is 0 Å². The average Bonchev–Trinajstić information content (AvgIpc) is 2.90. The molecule has 3 rings (SSSR count). The van der Waals surface area contributed by atoms with Crippen LogP contribution in [0.2, 0.25) is 0 Å². The van der Waals surface area contributed by atoms with Crippen LogP contribution in [0.4, 0.5) is 0 Å². The van der Waals surface area contributed by atoms with Crippen molar-refractivity contribution >= 4 is 45.7 Å². The van der Waals surface area contributed by atoms with Gasteiger partial charge in [-0.3, -0.25) is 20.4 Å². The summed E-state index contributed by atoms with van der Waals surface area (Å²) in [6.07, 6.45) is -4.37. The fourth-order valence-corrected chi connectivity index (χ4v) is 3.14. The van der Waals surface area contributed by atoms with Gasteiger partial charge >= 0.3 is 17.9 Å². The molecule has 0 radical (unpaired) electrons. The molecule has 36 heavy (non-hydrogen) atoms. The Morgan fingerprint density at radius 3 is 1.58 bits per heavy atom. The number of nitrogens with one attached hydrogen (secondary N) is 2. The van der Waals surface area contributed by atoms with Gasteiger partial charge in [-0.2, -0.15) is 0 Å². The van der Waals surface area contributed by atoms with Crippen molar-refractivity contribution in [1.29, 1.82) is 0 Å². The lowest BCUT2D eigenvalue weighted by Crippen LogP contribution is -2.54. The molecule has 0 aromatic heterocycles. The van der Waals surface area contributed by atoms with E-state index in [4.69, 9.17) is 9.47 Å². The van der Waals surface area contributed by atoms with E-state index in [2.05, 4.69) is 21.4 Å². The zero-order valence-electron chi connectivity index (χ0n) is 18.4. The summed E-state index contributed by atoms with van der Waals surface area (Å²) >= 11 is 3.24. The number of carboxylic acid groups (broad SMARTS) is 1. The summed E-state index contributed by atoms with van der Waals surface area (Å²) in [4.78, 5) is 62.3. The van der Waals surface area contributed by atoms with E-state index in [1.165, 1.54) is 60.7 Å². The van der Waals surface area contributed by atoms with Crippen molar-refractivity contribution in [2.75, 3.05) is 0 Å². The first kappa shape index (κ1) is 26.1. The topological polar surface area (TPSA) is 148 Å². The first-order valence-corrected chi connectivity index (χ1v) is 11.2. The Balaban J connectivity index is 1.82. The van der Waals surface area contributed by atoms with Crippen molar-refractivity contribution in [2.45, 2.75) is 12.2 Å². The second kappa shape index (κ2) is 12.3. The number of ether oxygens (including phenoxy) is 2. The molecule has 0 heterocycles. The molecule has 0 aliphatic rings. The van der Waals surface area contributed by atoms with E-state index in [1.807, 2.05) is 5.43 Å². The van der Waals surface area contributed by atoms with Gasteiger partial charge in [0, 0.05) is 10.0 Å². The van der Waals surface area contributed by atoms with Gasteiger partial charge in [-0.05, 0) is 48.5 Å². The number of halogens is 1. The minimum atomic E-state index is -2.23. The molecule has 11 heteroatoms. The highest BCUT2D eigenvalue weighted by Crippen LogP contribution is 2.14. The highest BCUT2D eigenvalue weighted by atomic mass is 79.9. The van der Waals surface area contributed by atoms with Gasteiger partial charge in [0.25, 0.3) is 11.8 Å². The molecule has 3 aromatic carbocycles. The van der Waals surface area contributed by atoms with Crippen LogP contribution in [0.5, 0.6) is 0 Å². The largest absolute Gasteiger partial charge is 0.478 e. The van der Waals surface area contributed by atoms with Gasteiger partial charge in [0.1, 0.15) is 0 Å². The number of carboxylic acids is 1. The molecule has 0 saturated carbocycles. The minimum Gasteiger partial charge on any atom is -0.478 e. The van der Waals surface area contributed by atoms with Crippen LogP contribution in [0.1, 0.15) is 31.1 Å². The molecule has 10 nitrogen and oxygen atoms in total. The zero-order chi connectivity index (χ0) is 26.1. The Bertz CT molecular complexity index is 1250. The Labute approximate surface area is 213 Å². The minimum absolute atomic E-state index is 0.0147. The lowest BCUT2D eigenvalue weighted by atomic mass is 10.1. The number of esters is 2. The molecule has 0 aliphatic carbocycles. The molecule has 0 bridgehead atoms. The summed E-state index contributed by atoms with van der Waals surface area (Å²) in [5.74, 6) is -5.82. The molecular formula is C25H19BrN2O8. The Morgan fingerprint density at radius 2 is 1.11 bits per heavy atom. The van der Waals surface area contributed by atoms with Crippen LogP contribution in [0, 0.1) is 0 Å². The Hall–Kier alpha value is -4.51. The lowest BCUT2D eigenvalue weighted by Gasteiger charge is -2.23. The van der Waals surface area contributed by atoms with Crippen molar-refractivity contribution in [1.82, 2.24) is 10.9 Å². The standard InChI is InChI=1S/C25H19BrN2O8/c26-18-13-11-15(12-14-18)21(29)27-28-22(30)19(35-24(33)16-7-3-1-4-8-16)20(23(31)32)36-25(34)17-9-5-2-6-10-17/h1-14,19-20H,(H,27,29)(H,28,30)(H,31,32)/t19-,20-/m1/s1. The molecule has 3 N–H and O–H groups in total. The third-order valence-electron chi connectivity index (χ3n) is 4.67. The molecule has 0 saturated heterocycles. The number of amides is 2. The molecular weight excluding hydrogens is 536 g/mol. The maximum Gasteiger partial charge on any atom is 0.349 e. The van der Waals surface area contributed by atoms with Crippen molar-refractivity contribution in [3.8, 4) is 0 Å². The van der Waals surface area contributed by atoms with Crippen LogP contribution >= 0.6 is 15.9 Å². The van der Waals surface area contributed by atoms with E-state index >= 15 is 0 Å². The van der Waals surface area contributed by atoms with E-state index in [0.717, 1.165) is 4.47 Å². The summed E-state index contributed by atoms with van der Waals surface area (Å²) in [7, 11) is 0. The van der Waals surface area contributed by atoms with Gasteiger partial charge in [0.15, 0.2) is 0 Å². The molecule has 3 aromatic rings. The number of carbonyl (C=O) groups is 5. The lowest BCUT2D eigenvalue weighted by molar-refractivity contribution is -0.159. The molecule has 184 valence electrons. The number of rotatable bonds is 8. The summed E-state index contributed by atoms with van der Waals surface area (Å²) in [5, 5.41) is 9.71. The van der Waals surface area contributed by atoms with Gasteiger partial charge in [0.05, 0.1) is 11.1 Å². The van der Waals surface area contributed by atoms with Crippen LogP contribution in [-0.4, -0.2) is 47.0 Å². The molecule has 0 spiro atoms. The first-order chi connectivity index (χ1) is 17.3. The van der Waals surface area contributed by atoms with E-state index < -0.39 is 41.9 Å². The second-order valence-electron chi connectivity index (χ2n) is 7.17. The number of hydrazine groups is 1. The Morgan fingerprint density at radius 1 is 0.639 bits per heavy atom. The number of hydrogen-bond donors (Lipinski definition) is 3.